The van der Waals surface area contributed by atoms with Crippen LogP contribution in [0.2, 0.25) is 0 Å². The first-order valence-electron chi connectivity index (χ1n) is 8.74. The third-order valence-electron chi connectivity index (χ3n) is 6.66. The predicted octanol–water partition coefficient (Wildman–Crippen LogP) is 3.49. The Morgan fingerprint density at radius 3 is 2.19 bits per heavy atom. The van der Waals surface area contributed by atoms with Crippen molar-refractivity contribution in [3.63, 3.8) is 0 Å². The molecule has 0 spiro atoms. The summed E-state index contributed by atoms with van der Waals surface area (Å²) in [5.74, 6) is 0. The molecule has 2 nitrogen and oxygen atoms in total. The lowest BCUT2D eigenvalue weighted by atomic mass is 9.53. The van der Waals surface area contributed by atoms with Gasteiger partial charge in [0.25, 0.3) is 0 Å². The standard InChI is InChI=1S/C19H27NO/c21-17-15-18(20-13-5-2-6-14-20)9-11-19(17,12-10-18)16-7-3-1-4-8-16/h1,3-4,7-8,17,21H,2,5-6,9-15H2/t17-,18?,19?/m0/s1. The lowest BCUT2D eigenvalue weighted by Gasteiger charge is -2.60. The molecular formula is C19H27NO. The second-order valence-corrected chi connectivity index (χ2v) is 7.51. The van der Waals surface area contributed by atoms with Crippen LogP contribution < -0.4 is 0 Å². The smallest absolute Gasteiger partial charge is 0.0654 e. The number of piperidine rings is 1. The van der Waals surface area contributed by atoms with Crippen LogP contribution >= 0.6 is 0 Å². The number of nitrogens with zero attached hydrogens (tertiary/aromatic N) is 1. The van der Waals surface area contributed by atoms with Crippen LogP contribution in [0.4, 0.5) is 0 Å². The van der Waals surface area contributed by atoms with E-state index in [4.69, 9.17) is 0 Å². The maximum atomic E-state index is 11.0. The lowest BCUT2D eigenvalue weighted by molar-refractivity contribution is -0.104. The van der Waals surface area contributed by atoms with Gasteiger partial charge in [0.15, 0.2) is 0 Å². The van der Waals surface area contributed by atoms with Gasteiger partial charge in [0.05, 0.1) is 6.10 Å². The van der Waals surface area contributed by atoms with Gasteiger partial charge in [-0.05, 0) is 63.6 Å². The van der Waals surface area contributed by atoms with Gasteiger partial charge in [0.1, 0.15) is 0 Å². The molecule has 1 aromatic rings. The van der Waals surface area contributed by atoms with Gasteiger partial charge in [-0.3, -0.25) is 4.90 Å². The fraction of sp³-hybridized carbons (Fsp3) is 0.684. The van der Waals surface area contributed by atoms with Gasteiger partial charge < -0.3 is 5.11 Å². The summed E-state index contributed by atoms with van der Waals surface area (Å²) in [7, 11) is 0. The van der Waals surface area contributed by atoms with Crippen LogP contribution in [0.1, 0.15) is 56.9 Å². The normalized spacial score (nSPS) is 40.3. The molecule has 114 valence electrons. The Morgan fingerprint density at radius 1 is 0.905 bits per heavy atom. The average molecular weight is 285 g/mol. The summed E-state index contributed by atoms with van der Waals surface area (Å²) >= 11 is 0. The first-order chi connectivity index (χ1) is 10.3. The largest absolute Gasteiger partial charge is 0.392 e. The fourth-order valence-corrected chi connectivity index (χ4v) is 5.32. The Morgan fingerprint density at radius 2 is 1.57 bits per heavy atom. The highest BCUT2D eigenvalue weighted by Gasteiger charge is 2.56. The van der Waals surface area contributed by atoms with Crippen molar-refractivity contribution in [2.24, 2.45) is 0 Å². The molecule has 3 aliphatic carbocycles. The topological polar surface area (TPSA) is 23.5 Å². The molecule has 4 aliphatic rings. The molecule has 1 heterocycles. The van der Waals surface area contributed by atoms with Crippen molar-refractivity contribution in [1.29, 1.82) is 0 Å². The summed E-state index contributed by atoms with van der Waals surface area (Å²) in [5.41, 5.74) is 1.72. The van der Waals surface area contributed by atoms with Crippen molar-refractivity contribution in [2.75, 3.05) is 13.1 Å². The third-order valence-corrected chi connectivity index (χ3v) is 6.66. The molecule has 4 fully saturated rings. The zero-order valence-electron chi connectivity index (χ0n) is 12.9. The van der Waals surface area contributed by atoms with Gasteiger partial charge in [0, 0.05) is 11.0 Å². The molecule has 1 aromatic carbocycles. The number of fused-ring (bicyclic) bond motifs is 3. The second-order valence-electron chi connectivity index (χ2n) is 7.51. The molecule has 0 amide bonds. The van der Waals surface area contributed by atoms with Crippen LogP contribution in [-0.4, -0.2) is 34.7 Å². The maximum Gasteiger partial charge on any atom is 0.0654 e. The summed E-state index contributed by atoms with van der Waals surface area (Å²) in [5, 5.41) is 11.0. The lowest BCUT2D eigenvalue weighted by Crippen LogP contribution is -2.64. The first-order valence-corrected chi connectivity index (χ1v) is 8.74. The Hall–Kier alpha value is -0.860. The van der Waals surface area contributed by atoms with Crippen LogP contribution in [0.15, 0.2) is 30.3 Å². The highest BCUT2D eigenvalue weighted by atomic mass is 16.3. The summed E-state index contributed by atoms with van der Waals surface area (Å²) in [6, 6.07) is 10.8. The Labute approximate surface area is 128 Å². The number of aliphatic hydroxyl groups is 1. The van der Waals surface area contributed by atoms with E-state index in [1.54, 1.807) is 0 Å². The van der Waals surface area contributed by atoms with E-state index in [0.717, 1.165) is 19.3 Å². The Bertz CT molecular complexity index is 484. The minimum Gasteiger partial charge on any atom is -0.392 e. The number of benzene rings is 1. The zero-order valence-corrected chi connectivity index (χ0v) is 12.9. The Kier molecular flexibility index (Phi) is 3.35. The fourth-order valence-electron chi connectivity index (χ4n) is 5.32. The molecular weight excluding hydrogens is 258 g/mol. The molecule has 21 heavy (non-hydrogen) atoms. The Balaban J connectivity index is 1.60. The van der Waals surface area contributed by atoms with Crippen LogP contribution in [0.3, 0.4) is 0 Å². The minimum absolute atomic E-state index is 0.0405. The predicted molar refractivity (Wildman–Crippen MR) is 85.4 cm³/mol. The van der Waals surface area contributed by atoms with E-state index in [2.05, 4.69) is 35.2 Å². The molecule has 2 bridgehead atoms. The number of hydrogen-bond acceptors (Lipinski definition) is 2. The van der Waals surface area contributed by atoms with Crippen molar-refractivity contribution < 1.29 is 5.11 Å². The van der Waals surface area contributed by atoms with Crippen LogP contribution in [0.25, 0.3) is 0 Å². The maximum absolute atomic E-state index is 11.0. The van der Waals surface area contributed by atoms with Crippen molar-refractivity contribution in [1.82, 2.24) is 4.90 Å². The molecule has 0 unspecified atom stereocenters. The third kappa shape index (κ3) is 2.07. The number of rotatable bonds is 2. The number of aliphatic hydroxyl groups excluding tert-OH is 1. The van der Waals surface area contributed by atoms with E-state index in [0.29, 0.717) is 5.54 Å². The van der Waals surface area contributed by atoms with E-state index < -0.39 is 0 Å². The molecule has 0 aromatic heterocycles. The molecule has 5 rings (SSSR count). The zero-order chi connectivity index (χ0) is 14.3. The van der Waals surface area contributed by atoms with Crippen molar-refractivity contribution in [2.45, 2.75) is 68.4 Å². The van der Waals surface area contributed by atoms with Crippen molar-refractivity contribution in [3.05, 3.63) is 35.9 Å². The second kappa shape index (κ2) is 5.10. The number of hydrogen-bond donors (Lipinski definition) is 1. The quantitative estimate of drug-likeness (QED) is 0.899. The van der Waals surface area contributed by atoms with Crippen molar-refractivity contribution >= 4 is 0 Å². The molecule has 1 atom stereocenters. The van der Waals surface area contributed by atoms with Gasteiger partial charge in [-0.2, -0.15) is 0 Å². The van der Waals surface area contributed by atoms with Crippen LogP contribution in [0.5, 0.6) is 0 Å². The summed E-state index contributed by atoms with van der Waals surface area (Å²) in [6.45, 7) is 2.51. The molecule has 2 heteroatoms. The van der Waals surface area contributed by atoms with E-state index in [1.807, 2.05) is 0 Å². The average Bonchev–Trinajstić information content (AvgIpc) is 2.57. The van der Waals surface area contributed by atoms with Crippen LogP contribution in [-0.2, 0) is 5.41 Å². The monoisotopic (exact) mass is 285 g/mol. The molecule has 1 aliphatic heterocycles. The summed E-state index contributed by atoms with van der Waals surface area (Å²) in [4.78, 5) is 2.73. The molecule has 1 N–H and O–H groups in total. The van der Waals surface area contributed by atoms with E-state index >= 15 is 0 Å². The first kappa shape index (κ1) is 13.8. The van der Waals surface area contributed by atoms with Gasteiger partial charge in [0.2, 0.25) is 0 Å². The molecule has 3 saturated carbocycles. The van der Waals surface area contributed by atoms with E-state index in [-0.39, 0.29) is 11.5 Å². The summed E-state index contributed by atoms with van der Waals surface area (Å²) in [6.07, 6.45) is 9.79. The minimum atomic E-state index is -0.163. The molecule has 0 radical (unpaired) electrons. The van der Waals surface area contributed by atoms with Gasteiger partial charge in [-0.25, -0.2) is 0 Å². The SMILES string of the molecule is O[C@H]1CC2(N3CCCCC3)CCC1(c1ccccc1)CC2. The van der Waals surface area contributed by atoms with Gasteiger partial charge in [-0.1, -0.05) is 36.8 Å². The number of likely N-dealkylation sites (tertiary alicyclic amines) is 1. The van der Waals surface area contributed by atoms with E-state index in [9.17, 15) is 5.11 Å². The highest BCUT2D eigenvalue weighted by Crippen LogP contribution is 2.56. The van der Waals surface area contributed by atoms with Crippen LogP contribution in [0, 0.1) is 0 Å². The van der Waals surface area contributed by atoms with E-state index in [1.165, 1.54) is 50.8 Å². The highest BCUT2D eigenvalue weighted by molar-refractivity contribution is 5.31. The summed E-state index contributed by atoms with van der Waals surface area (Å²) < 4.78 is 0. The van der Waals surface area contributed by atoms with Gasteiger partial charge >= 0.3 is 0 Å². The molecule has 1 saturated heterocycles. The van der Waals surface area contributed by atoms with Crippen molar-refractivity contribution in [3.8, 4) is 0 Å². The van der Waals surface area contributed by atoms with Gasteiger partial charge in [-0.15, -0.1) is 0 Å².